The fourth-order valence-corrected chi connectivity index (χ4v) is 24.4. The van der Waals surface area contributed by atoms with Gasteiger partial charge >= 0.3 is 24.1 Å². The number of amides is 10. The number of β-amino-alcohol motifs (C(OH)–C–C–N with tert-alkyl or cyclic N) is 1. The summed E-state index contributed by atoms with van der Waals surface area (Å²) in [7, 11) is 1.85. The molecule has 12 fully saturated rings. The molecule has 12 aliphatic heterocycles. The summed E-state index contributed by atoms with van der Waals surface area (Å²) in [5.74, 6) is 3.76. The van der Waals surface area contributed by atoms with Gasteiger partial charge in [0.2, 0.25) is 11.8 Å². The number of aliphatic hydroxyl groups excluding tert-OH is 1. The summed E-state index contributed by atoms with van der Waals surface area (Å²) in [5.41, 5.74) is 20.9. The molecule has 0 atom stereocenters. The molecule has 0 unspecified atom stereocenters. The molecule has 0 spiro atoms. The second-order valence-electron chi connectivity index (χ2n) is 41.7. The number of nitrogens with one attached hydrogen (secondary N) is 5. The second kappa shape index (κ2) is 48.2. The number of rotatable bonds is 18. The van der Waals surface area contributed by atoms with E-state index in [1.807, 2.05) is 86.9 Å². The van der Waals surface area contributed by atoms with E-state index in [1.54, 1.807) is 30.2 Å². The molecule has 0 radical (unpaired) electrons. The smallest absolute Gasteiger partial charge is 0.321 e. The topological polar surface area (TPSA) is 331 Å². The molecule has 34 nitrogen and oxygen atoms in total. The van der Waals surface area contributed by atoms with Crippen LogP contribution in [-0.2, 0) is 9.59 Å². The molecular weight excluding hydrogens is 1900 g/mol. The number of thioether (sulfide) groups is 1. The van der Waals surface area contributed by atoms with Gasteiger partial charge in [0.05, 0.1) is 64.5 Å². The number of hydrogen-bond acceptors (Lipinski definition) is 25. The number of hydrogen-bond donors (Lipinski definition) is 6. The molecular formula is C115H141N27O7S. The predicted octanol–water partition coefficient (Wildman–Crippen LogP) is 16.4. The van der Waals surface area contributed by atoms with Crippen molar-refractivity contribution < 1.29 is 33.9 Å². The normalized spacial score (nSPS) is 19.0. The number of piperazine rings is 3. The van der Waals surface area contributed by atoms with E-state index in [4.69, 9.17) is 9.97 Å². The molecule has 8 aromatic carbocycles. The zero-order chi connectivity index (χ0) is 102. The van der Waals surface area contributed by atoms with Gasteiger partial charge in [-0.15, -0.1) is 0 Å². The molecule has 16 heterocycles. The Hall–Kier alpha value is -14.2. The molecule has 10 amide bonds. The van der Waals surface area contributed by atoms with Gasteiger partial charge in [-0.2, -0.15) is 11.8 Å². The van der Waals surface area contributed by atoms with Crippen LogP contribution in [0.4, 0.5) is 87.4 Å². The van der Waals surface area contributed by atoms with Crippen LogP contribution in [0, 0.1) is 0 Å². The Morgan fingerprint density at radius 2 is 0.573 bits per heavy atom. The van der Waals surface area contributed by atoms with E-state index in [2.05, 4.69) is 222 Å². The van der Waals surface area contributed by atoms with Crippen molar-refractivity contribution in [1.29, 1.82) is 0 Å². The molecule has 784 valence electrons. The summed E-state index contributed by atoms with van der Waals surface area (Å²) >= 11 is 2.02. The highest BCUT2D eigenvalue weighted by molar-refractivity contribution is 7.99. The number of benzene rings is 8. The Labute approximate surface area is 882 Å². The van der Waals surface area contributed by atoms with Crippen molar-refractivity contribution in [3.63, 3.8) is 0 Å². The summed E-state index contributed by atoms with van der Waals surface area (Å²) in [5, 5.41) is 28.7. The van der Waals surface area contributed by atoms with Crippen molar-refractivity contribution >= 4 is 160 Å². The van der Waals surface area contributed by atoms with Gasteiger partial charge in [0, 0.05) is 309 Å². The van der Waals surface area contributed by atoms with Crippen LogP contribution in [0.5, 0.6) is 0 Å². The lowest BCUT2D eigenvalue weighted by Crippen LogP contribution is -2.48. The van der Waals surface area contributed by atoms with Crippen molar-refractivity contribution in [3.05, 3.63) is 218 Å². The number of anilines is 12. The van der Waals surface area contributed by atoms with Crippen LogP contribution in [0.25, 0.3) is 43.6 Å². The van der Waals surface area contributed by atoms with Gasteiger partial charge in [-0.3, -0.25) is 14.5 Å². The Balaban J connectivity index is 0.000000117. The molecule has 12 saturated heterocycles. The Morgan fingerprint density at radius 1 is 0.307 bits per heavy atom. The summed E-state index contributed by atoms with van der Waals surface area (Å²) in [6.07, 6.45) is 23.8. The lowest BCUT2D eigenvalue weighted by molar-refractivity contribution is -0.129. The highest BCUT2D eigenvalue weighted by Gasteiger charge is 2.35. The van der Waals surface area contributed by atoms with Gasteiger partial charge in [0.25, 0.3) is 0 Å². The third-order valence-corrected chi connectivity index (χ3v) is 33.3. The highest BCUT2D eigenvalue weighted by atomic mass is 32.2. The number of aromatic nitrogens is 8. The first-order chi connectivity index (χ1) is 73.6. The average Bonchev–Trinajstić information content (AvgIpc) is 1.16. The number of nitrogens with zero attached hydrogens (tertiary/aromatic N) is 22. The third kappa shape index (κ3) is 24.6. The van der Waals surface area contributed by atoms with E-state index in [0.29, 0.717) is 70.7 Å². The van der Waals surface area contributed by atoms with Gasteiger partial charge in [0.1, 0.15) is 25.3 Å². The number of fused-ring (bicyclic) bond motifs is 4. The van der Waals surface area contributed by atoms with Crippen LogP contribution in [-0.4, -0.2) is 325 Å². The van der Waals surface area contributed by atoms with E-state index in [1.165, 1.54) is 97.0 Å². The average molecular weight is 2050 g/mol. The summed E-state index contributed by atoms with van der Waals surface area (Å²) in [4.78, 5) is 143. The van der Waals surface area contributed by atoms with Gasteiger partial charge in [-0.25, -0.2) is 59.0 Å². The Bertz CT molecular complexity index is 6650. The molecule has 24 rings (SSSR count). The number of aliphatic hydroxyl groups is 1. The maximum Gasteiger partial charge on any atom is 0.321 e. The molecule has 0 aliphatic carbocycles. The SMILES string of the molecule is CN1CCN(c2ccc3c(C4CCN(C(=O)Nc5ccc(N6CCCC6)cc5)CC4)ncnc3c2)CC1=O.O=C(Nc1ccc(N2CCCC2)cc1)N1CCC(c2ncnc3cc(N4CCN(CCO)CC4)ccc23)CC1.O=C(Nc1ccc(N2CCCC2)cc1)N1CCC(c2ncnc3cc(N4CCSCC4)ccc23)CC1.O=C1CN(c2ccc3c(C4CCN(C(=O)Nc5ccc(N6CCCC6)cc5)CC4)ncnc3c2)CCN1. The fraction of sp³-hybridized carbons (Fsp3) is 0.461. The first kappa shape index (κ1) is 102. The zero-order valence-electron chi connectivity index (χ0n) is 86.4. The van der Waals surface area contributed by atoms with Crippen molar-refractivity contribution in [2.24, 2.45) is 0 Å². The van der Waals surface area contributed by atoms with Crippen molar-refractivity contribution in [2.45, 2.75) is 126 Å². The molecule has 0 saturated carbocycles. The van der Waals surface area contributed by atoms with Gasteiger partial charge in [-0.1, -0.05) is 0 Å². The molecule has 12 aliphatic rings. The lowest BCUT2D eigenvalue weighted by atomic mass is 9.91. The summed E-state index contributed by atoms with van der Waals surface area (Å²) in [6.45, 7) is 25.3. The number of urea groups is 4. The van der Waals surface area contributed by atoms with E-state index < -0.39 is 0 Å². The number of likely N-dealkylation sites (N-methyl/N-ethyl adjacent to an activating group) is 1. The van der Waals surface area contributed by atoms with Gasteiger partial charge < -0.3 is 95.4 Å². The van der Waals surface area contributed by atoms with E-state index in [-0.39, 0.29) is 54.4 Å². The number of carbonyl (C=O) groups is 6. The van der Waals surface area contributed by atoms with Crippen molar-refractivity contribution in [3.8, 4) is 0 Å². The maximum atomic E-state index is 13.0. The Kier molecular flexibility index (Phi) is 32.7. The molecule has 4 aromatic heterocycles. The molecule has 0 bridgehead atoms. The van der Waals surface area contributed by atoms with Gasteiger partial charge in [0.15, 0.2) is 0 Å². The molecule has 12 aromatic rings. The standard InChI is InChI=1S/C30H39N7O2.C29H35N7O2.C28H33N7O2.C28H34N6OS/c38-20-19-34-15-17-36(18-16-34)26-7-8-27-28(21-26)31-22-32-29(27)23-9-13-37(14-10-23)30(39)33-24-3-5-25(6-4-24)35-11-1-2-12-35;1-33-16-17-36(19-27(33)37)24-8-9-25-26(18-24)30-20-31-28(25)21-10-14-35(15-11-21)29(38)32-22-4-6-23(7-5-22)34-12-2-3-13-34;36-26-18-35(16-11-29-26)23-7-8-24-25(17-23)30-19-31-27(24)20-9-14-34(15-10-20)28(37)32-21-3-5-22(6-4-21)33-12-1-2-13-33;35-28(31-22-3-5-23(6-4-22)32-11-1-2-12-32)34-13-9-21(10-14-34)27-25-8-7-24(19-26(25)29-20-30-27)33-15-17-36-18-16-33/h3-8,21-23,38H,1-2,9-20H2,(H,33,39);4-9,18,20-21H,2-3,10-17,19H2,1H3,(H,32,38);3-8,17,19-20H,1-2,9-16,18H2,(H,29,36)(H,32,37);3-8,19-21H,1-2,9-18H2,(H,31,35). The summed E-state index contributed by atoms with van der Waals surface area (Å²) in [6, 6.07) is 58.3. The van der Waals surface area contributed by atoms with E-state index >= 15 is 0 Å². The number of piperidine rings is 4. The van der Waals surface area contributed by atoms with Crippen LogP contribution in [0.2, 0.25) is 0 Å². The fourth-order valence-electron chi connectivity index (χ4n) is 23.5. The van der Waals surface area contributed by atoms with Crippen molar-refractivity contribution in [1.82, 2.24) is 74.6 Å². The van der Waals surface area contributed by atoms with Crippen LogP contribution in [0.1, 0.15) is 149 Å². The number of likely N-dealkylation sites (tertiary alicyclic amines) is 4. The molecule has 35 heteroatoms. The first-order valence-corrected chi connectivity index (χ1v) is 55.8. The highest BCUT2D eigenvalue weighted by Crippen LogP contribution is 2.41. The second-order valence-corrected chi connectivity index (χ2v) is 43.0. The van der Waals surface area contributed by atoms with Crippen molar-refractivity contribution in [2.75, 3.05) is 275 Å². The quantitative estimate of drug-likeness (QED) is 0.0465. The van der Waals surface area contributed by atoms with Crippen LogP contribution < -0.4 is 65.8 Å². The maximum absolute atomic E-state index is 13.0. The monoisotopic (exact) mass is 2040 g/mol. The number of carbonyl (C=O) groups excluding carboxylic acids is 6. The Morgan fingerprint density at radius 3 is 0.860 bits per heavy atom. The lowest BCUT2D eigenvalue weighted by Gasteiger charge is -2.36. The summed E-state index contributed by atoms with van der Waals surface area (Å²) < 4.78 is 0. The molecule has 150 heavy (non-hydrogen) atoms. The van der Waals surface area contributed by atoms with Crippen LogP contribution in [0.3, 0.4) is 0 Å². The van der Waals surface area contributed by atoms with Gasteiger partial charge in [-0.05, 0) is 273 Å². The predicted molar refractivity (Wildman–Crippen MR) is 600 cm³/mol. The van der Waals surface area contributed by atoms with Crippen LogP contribution >= 0.6 is 11.8 Å². The third-order valence-electron chi connectivity index (χ3n) is 32.4. The van der Waals surface area contributed by atoms with E-state index in [0.717, 1.165) is 283 Å². The molecule has 6 N–H and O–H groups in total. The van der Waals surface area contributed by atoms with Crippen LogP contribution in [0.15, 0.2) is 195 Å². The minimum Gasteiger partial charge on any atom is -0.395 e. The largest absolute Gasteiger partial charge is 0.395 e. The first-order valence-electron chi connectivity index (χ1n) is 54.7. The zero-order valence-corrected chi connectivity index (χ0v) is 87.2. The minimum atomic E-state index is -0.0462. The minimum absolute atomic E-state index is 0.0146. The van der Waals surface area contributed by atoms with E-state index in [9.17, 15) is 33.9 Å².